The zero-order valence-electron chi connectivity index (χ0n) is 15.4. The lowest BCUT2D eigenvalue weighted by molar-refractivity contribution is 0.220. The Morgan fingerprint density at radius 1 is 1.05 bits per heavy atom. The van der Waals surface area contributed by atoms with Gasteiger partial charge in [-0.3, -0.25) is 4.90 Å². The van der Waals surface area contributed by atoms with Gasteiger partial charge in [0, 0.05) is 6.54 Å². The van der Waals surface area contributed by atoms with Crippen LogP contribution in [-0.2, 0) is 6.54 Å². The molecule has 2 nitrogen and oxygen atoms in total. The number of phenolic OH excluding ortho intramolecular Hbond substituents is 1. The van der Waals surface area contributed by atoms with E-state index in [-0.39, 0.29) is 0 Å². The van der Waals surface area contributed by atoms with Crippen molar-refractivity contribution >= 4 is 6.08 Å². The van der Waals surface area contributed by atoms with E-state index in [1.807, 2.05) is 53.7 Å². The predicted molar refractivity (Wildman–Crippen MR) is 99.4 cm³/mol. The maximum atomic E-state index is 9.81. The highest BCUT2D eigenvalue weighted by Gasteiger charge is 2.13. The number of hydrogen-bond donors (Lipinski definition) is 1. The summed E-state index contributed by atoms with van der Waals surface area (Å²) in [5.41, 5.74) is 3.50. The number of hydrogen-bond acceptors (Lipinski definition) is 2. The Bertz CT molecular complexity index is 432. The Morgan fingerprint density at radius 3 is 2.18 bits per heavy atom. The van der Waals surface area contributed by atoms with Crippen LogP contribution in [-0.4, -0.2) is 23.1 Å². The van der Waals surface area contributed by atoms with Crippen molar-refractivity contribution in [3.8, 4) is 5.75 Å². The topological polar surface area (TPSA) is 23.5 Å². The molecule has 1 aromatic rings. The van der Waals surface area contributed by atoms with Crippen LogP contribution < -0.4 is 0 Å². The molecule has 0 aliphatic carbocycles. The first kappa shape index (κ1) is 20.7. The second-order valence-corrected chi connectivity index (χ2v) is 5.12. The van der Waals surface area contributed by atoms with Crippen molar-refractivity contribution in [1.82, 2.24) is 4.90 Å². The van der Waals surface area contributed by atoms with Crippen molar-refractivity contribution < 1.29 is 5.11 Å². The van der Waals surface area contributed by atoms with E-state index in [0.29, 0.717) is 5.75 Å². The molecule has 1 aliphatic rings. The smallest absolute Gasteiger partial charge is 0.119 e. The third-order valence-electron chi connectivity index (χ3n) is 3.75. The van der Waals surface area contributed by atoms with Gasteiger partial charge in [-0.1, -0.05) is 52.3 Å². The van der Waals surface area contributed by atoms with Crippen molar-refractivity contribution in [3.63, 3.8) is 0 Å². The van der Waals surface area contributed by atoms with Crippen LogP contribution in [0.25, 0.3) is 6.08 Å². The molecular formula is C20H35NO. The standard InChI is InChI=1S/C16H23NO.2C2H6/c1-3-7-15-13(2)16(18)9-8-14(15)12-17-10-5-4-6-11-17;2*1-2/h3,7-9,18H,4-6,10-12H2,1-2H3;2*1-2H3/b7-3-;;. The molecule has 1 aromatic carbocycles. The molecule has 2 heteroatoms. The Morgan fingerprint density at radius 2 is 1.64 bits per heavy atom. The van der Waals surface area contributed by atoms with E-state index in [9.17, 15) is 5.11 Å². The summed E-state index contributed by atoms with van der Waals surface area (Å²) in [5.74, 6) is 0.394. The van der Waals surface area contributed by atoms with Gasteiger partial charge < -0.3 is 5.11 Å². The normalized spacial score (nSPS) is 14.8. The molecule has 0 amide bonds. The van der Waals surface area contributed by atoms with Crippen LogP contribution in [0.3, 0.4) is 0 Å². The Balaban J connectivity index is 0.00000102. The van der Waals surface area contributed by atoms with Crippen LogP contribution in [0.5, 0.6) is 5.75 Å². The number of aromatic hydroxyl groups is 1. The van der Waals surface area contributed by atoms with E-state index >= 15 is 0 Å². The molecule has 1 aliphatic heterocycles. The second-order valence-electron chi connectivity index (χ2n) is 5.12. The van der Waals surface area contributed by atoms with Crippen molar-refractivity contribution in [2.75, 3.05) is 13.1 Å². The van der Waals surface area contributed by atoms with Gasteiger partial charge in [0.15, 0.2) is 0 Å². The number of allylic oxidation sites excluding steroid dienone is 1. The molecule has 0 spiro atoms. The molecule has 0 unspecified atom stereocenters. The van der Waals surface area contributed by atoms with Gasteiger partial charge >= 0.3 is 0 Å². The molecule has 1 heterocycles. The van der Waals surface area contributed by atoms with Crippen LogP contribution in [0.2, 0.25) is 0 Å². The zero-order chi connectivity index (χ0) is 17.0. The first-order valence-electron chi connectivity index (χ1n) is 8.89. The molecule has 1 N–H and O–H groups in total. The maximum Gasteiger partial charge on any atom is 0.119 e. The third kappa shape index (κ3) is 6.23. The highest BCUT2D eigenvalue weighted by atomic mass is 16.3. The minimum absolute atomic E-state index is 0.394. The summed E-state index contributed by atoms with van der Waals surface area (Å²) in [6.45, 7) is 15.4. The summed E-state index contributed by atoms with van der Waals surface area (Å²) in [5, 5.41) is 9.81. The summed E-state index contributed by atoms with van der Waals surface area (Å²) in [6, 6.07) is 3.88. The van der Waals surface area contributed by atoms with E-state index in [0.717, 1.165) is 12.1 Å². The predicted octanol–water partition coefficient (Wildman–Crippen LogP) is 5.77. The van der Waals surface area contributed by atoms with Crippen molar-refractivity contribution in [2.45, 2.75) is 67.3 Å². The summed E-state index contributed by atoms with van der Waals surface area (Å²) < 4.78 is 0. The number of phenols is 1. The lowest BCUT2D eigenvalue weighted by atomic mass is 9.99. The first-order chi connectivity index (χ1) is 10.7. The number of likely N-dealkylation sites (tertiary alicyclic amines) is 1. The summed E-state index contributed by atoms with van der Waals surface area (Å²) in [4.78, 5) is 2.52. The minimum atomic E-state index is 0.394. The number of piperidine rings is 1. The average Bonchev–Trinajstić information content (AvgIpc) is 2.59. The fourth-order valence-corrected chi connectivity index (χ4v) is 2.67. The van der Waals surface area contributed by atoms with E-state index in [1.165, 1.54) is 43.5 Å². The molecule has 0 saturated carbocycles. The second kappa shape index (κ2) is 12.3. The van der Waals surface area contributed by atoms with Crippen molar-refractivity contribution in [1.29, 1.82) is 0 Å². The fraction of sp³-hybridized carbons (Fsp3) is 0.600. The fourth-order valence-electron chi connectivity index (χ4n) is 2.67. The molecule has 0 aromatic heterocycles. The number of benzene rings is 1. The minimum Gasteiger partial charge on any atom is -0.508 e. The monoisotopic (exact) mass is 305 g/mol. The van der Waals surface area contributed by atoms with Crippen molar-refractivity contribution in [2.24, 2.45) is 0 Å². The molecule has 1 fully saturated rings. The van der Waals surface area contributed by atoms with Gasteiger partial charge in [0.1, 0.15) is 5.75 Å². The van der Waals surface area contributed by atoms with Gasteiger partial charge in [-0.15, -0.1) is 0 Å². The average molecular weight is 306 g/mol. The van der Waals surface area contributed by atoms with Crippen LogP contribution in [0.15, 0.2) is 18.2 Å². The Kier molecular flexibility index (Phi) is 11.6. The number of rotatable bonds is 3. The highest BCUT2D eigenvalue weighted by Crippen LogP contribution is 2.26. The van der Waals surface area contributed by atoms with Crippen LogP contribution in [0.1, 0.15) is 70.6 Å². The van der Waals surface area contributed by atoms with Gasteiger partial charge in [-0.05, 0) is 62.5 Å². The van der Waals surface area contributed by atoms with Crippen LogP contribution in [0.4, 0.5) is 0 Å². The van der Waals surface area contributed by atoms with Gasteiger partial charge in [0.05, 0.1) is 0 Å². The summed E-state index contributed by atoms with van der Waals surface area (Å²) >= 11 is 0. The molecule has 2 rings (SSSR count). The van der Waals surface area contributed by atoms with Gasteiger partial charge in [-0.2, -0.15) is 0 Å². The SMILES string of the molecule is C/C=C\c1c(CN2CCCCC2)ccc(O)c1C.CC.CC. The molecule has 0 bridgehead atoms. The Hall–Kier alpha value is -1.28. The van der Waals surface area contributed by atoms with E-state index in [2.05, 4.69) is 17.0 Å². The zero-order valence-corrected chi connectivity index (χ0v) is 15.4. The maximum absolute atomic E-state index is 9.81. The number of nitrogens with zero attached hydrogens (tertiary/aromatic N) is 1. The molecule has 22 heavy (non-hydrogen) atoms. The van der Waals surface area contributed by atoms with E-state index in [4.69, 9.17) is 0 Å². The largest absolute Gasteiger partial charge is 0.508 e. The van der Waals surface area contributed by atoms with E-state index < -0.39 is 0 Å². The lowest BCUT2D eigenvalue weighted by Gasteiger charge is -2.27. The molecular weight excluding hydrogens is 270 g/mol. The van der Waals surface area contributed by atoms with Crippen LogP contribution >= 0.6 is 0 Å². The lowest BCUT2D eigenvalue weighted by Crippen LogP contribution is -2.29. The van der Waals surface area contributed by atoms with Crippen molar-refractivity contribution in [3.05, 3.63) is 34.9 Å². The highest BCUT2D eigenvalue weighted by molar-refractivity contribution is 5.61. The third-order valence-corrected chi connectivity index (χ3v) is 3.75. The summed E-state index contributed by atoms with van der Waals surface area (Å²) in [6.07, 6.45) is 8.15. The van der Waals surface area contributed by atoms with Gasteiger partial charge in [0.2, 0.25) is 0 Å². The molecule has 126 valence electrons. The first-order valence-corrected chi connectivity index (χ1v) is 8.89. The van der Waals surface area contributed by atoms with Gasteiger partial charge in [0.25, 0.3) is 0 Å². The molecule has 0 atom stereocenters. The summed E-state index contributed by atoms with van der Waals surface area (Å²) in [7, 11) is 0. The molecule has 0 radical (unpaired) electrons. The van der Waals surface area contributed by atoms with Crippen LogP contribution in [0, 0.1) is 6.92 Å². The Labute approximate surface area is 137 Å². The quantitative estimate of drug-likeness (QED) is 0.766. The molecule has 1 saturated heterocycles. The van der Waals surface area contributed by atoms with Gasteiger partial charge in [-0.25, -0.2) is 0 Å². The van der Waals surface area contributed by atoms with E-state index in [1.54, 1.807) is 0 Å².